The molecule has 2 nitrogen and oxygen atoms in total. The minimum absolute atomic E-state index is 0.150. The van der Waals surface area contributed by atoms with Crippen molar-refractivity contribution < 1.29 is 13.7 Å². The standard InChI is InChI=1S/C8H9FO2S/c9-7-2-1-3-8(6-7)12(11)5-4-10/h1-3,6,10H,4-5H2. The first-order valence-corrected chi connectivity index (χ1v) is 4.80. The van der Waals surface area contributed by atoms with Crippen LogP contribution in [-0.4, -0.2) is 21.7 Å². The molecule has 0 aliphatic carbocycles. The van der Waals surface area contributed by atoms with E-state index in [9.17, 15) is 8.60 Å². The van der Waals surface area contributed by atoms with Gasteiger partial charge in [0.05, 0.1) is 23.2 Å². The van der Waals surface area contributed by atoms with Gasteiger partial charge >= 0.3 is 0 Å². The van der Waals surface area contributed by atoms with Crippen molar-refractivity contribution >= 4 is 10.8 Å². The summed E-state index contributed by atoms with van der Waals surface area (Å²) >= 11 is 0. The Hall–Kier alpha value is -0.740. The molecule has 0 saturated heterocycles. The van der Waals surface area contributed by atoms with E-state index in [0.29, 0.717) is 4.90 Å². The normalized spacial score (nSPS) is 12.8. The molecule has 0 aromatic heterocycles. The summed E-state index contributed by atoms with van der Waals surface area (Å²) in [5.41, 5.74) is 0. The van der Waals surface area contributed by atoms with Crippen molar-refractivity contribution in [3.63, 3.8) is 0 Å². The monoisotopic (exact) mass is 188 g/mol. The number of rotatable bonds is 3. The van der Waals surface area contributed by atoms with E-state index >= 15 is 0 Å². The Labute approximate surface area is 72.5 Å². The molecule has 1 atom stereocenters. The Balaban J connectivity index is 2.81. The third-order valence-electron chi connectivity index (χ3n) is 1.34. The molecule has 1 unspecified atom stereocenters. The first-order valence-electron chi connectivity index (χ1n) is 3.49. The van der Waals surface area contributed by atoms with Crippen LogP contribution in [0.4, 0.5) is 4.39 Å². The van der Waals surface area contributed by atoms with E-state index in [-0.39, 0.29) is 12.4 Å². The first-order chi connectivity index (χ1) is 5.74. The third kappa shape index (κ3) is 2.39. The molecule has 1 aromatic carbocycles. The molecular formula is C8H9FO2S. The zero-order valence-corrected chi connectivity index (χ0v) is 7.18. The quantitative estimate of drug-likeness (QED) is 0.766. The van der Waals surface area contributed by atoms with Gasteiger partial charge in [-0.15, -0.1) is 0 Å². The Kier molecular flexibility index (Phi) is 3.37. The fraction of sp³-hybridized carbons (Fsp3) is 0.250. The average molecular weight is 188 g/mol. The first kappa shape index (κ1) is 9.35. The van der Waals surface area contributed by atoms with Crippen molar-refractivity contribution in [2.45, 2.75) is 4.90 Å². The van der Waals surface area contributed by atoms with Crippen molar-refractivity contribution in [2.75, 3.05) is 12.4 Å². The predicted octanol–water partition coefficient (Wildman–Crippen LogP) is 0.926. The molecule has 0 heterocycles. The summed E-state index contributed by atoms with van der Waals surface area (Å²) in [7, 11) is -1.28. The smallest absolute Gasteiger partial charge is 0.124 e. The number of benzene rings is 1. The second-order valence-corrected chi connectivity index (χ2v) is 3.80. The van der Waals surface area contributed by atoms with Crippen molar-refractivity contribution in [1.29, 1.82) is 0 Å². The van der Waals surface area contributed by atoms with Crippen LogP contribution >= 0.6 is 0 Å². The van der Waals surface area contributed by atoms with Crippen LogP contribution in [0, 0.1) is 5.82 Å². The Morgan fingerprint density at radius 1 is 1.50 bits per heavy atom. The Morgan fingerprint density at radius 2 is 2.25 bits per heavy atom. The van der Waals surface area contributed by atoms with Crippen LogP contribution in [-0.2, 0) is 10.8 Å². The molecular weight excluding hydrogens is 179 g/mol. The molecule has 0 radical (unpaired) electrons. The van der Waals surface area contributed by atoms with E-state index < -0.39 is 16.6 Å². The van der Waals surface area contributed by atoms with Crippen LogP contribution < -0.4 is 0 Å². The molecule has 1 rings (SSSR count). The topological polar surface area (TPSA) is 37.3 Å². The van der Waals surface area contributed by atoms with E-state index in [0.717, 1.165) is 0 Å². The lowest BCUT2D eigenvalue weighted by Gasteiger charge is -1.98. The summed E-state index contributed by atoms with van der Waals surface area (Å²) in [6, 6.07) is 5.58. The van der Waals surface area contributed by atoms with Gasteiger partial charge in [-0.1, -0.05) is 6.07 Å². The molecule has 0 spiro atoms. The van der Waals surface area contributed by atoms with Crippen LogP contribution in [0.2, 0.25) is 0 Å². The minimum atomic E-state index is -1.28. The highest BCUT2D eigenvalue weighted by Crippen LogP contribution is 2.08. The van der Waals surface area contributed by atoms with Crippen molar-refractivity contribution in [3.05, 3.63) is 30.1 Å². The van der Waals surface area contributed by atoms with Crippen molar-refractivity contribution in [3.8, 4) is 0 Å². The predicted molar refractivity (Wildman–Crippen MR) is 44.8 cm³/mol. The number of hydrogen-bond donors (Lipinski definition) is 1. The van der Waals surface area contributed by atoms with Crippen LogP contribution in [0.1, 0.15) is 0 Å². The lowest BCUT2D eigenvalue weighted by atomic mass is 10.4. The van der Waals surface area contributed by atoms with Gasteiger partial charge in [-0.05, 0) is 18.2 Å². The van der Waals surface area contributed by atoms with Gasteiger partial charge in [-0.25, -0.2) is 4.39 Å². The molecule has 0 aliphatic rings. The summed E-state index contributed by atoms with van der Waals surface area (Å²) in [5.74, 6) is -0.248. The van der Waals surface area contributed by atoms with Gasteiger partial charge in [0.25, 0.3) is 0 Å². The maximum atomic E-state index is 12.6. The van der Waals surface area contributed by atoms with E-state index in [1.54, 1.807) is 6.07 Å². The summed E-state index contributed by atoms with van der Waals surface area (Å²) in [6.45, 7) is -0.150. The molecule has 4 heteroatoms. The number of hydrogen-bond acceptors (Lipinski definition) is 2. The molecule has 1 N–H and O–H groups in total. The Bertz CT molecular complexity index is 288. The van der Waals surface area contributed by atoms with Gasteiger partial charge in [0, 0.05) is 4.90 Å². The van der Waals surface area contributed by atoms with Crippen LogP contribution in [0.25, 0.3) is 0 Å². The summed E-state index contributed by atoms with van der Waals surface area (Å²) < 4.78 is 23.8. The zero-order chi connectivity index (χ0) is 8.97. The second-order valence-electron chi connectivity index (χ2n) is 2.23. The highest BCUT2D eigenvalue weighted by atomic mass is 32.2. The molecule has 1 aromatic rings. The van der Waals surface area contributed by atoms with Gasteiger partial charge < -0.3 is 5.11 Å². The molecule has 0 amide bonds. The van der Waals surface area contributed by atoms with Gasteiger partial charge in [0.2, 0.25) is 0 Å². The minimum Gasteiger partial charge on any atom is -0.395 e. The molecule has 0 fully saturated rings. The van der Waals surface area contributed by atoms with E-state index in [1.165, 1.54) is 18.2 Å². The maximum absolute atomic E-state index is 12.6. The fourth-order valence-electron chi connectivity index (χ4n) is 0.809. The zero-order valence-electron chi connectivity index (χ0n) is 6.37. The third-order valence-corrected chi connectivity index (χ3v) is 2.67. The van der Waals surface area contributed by atoms with Gasteiger partial charge in [-0.3, -0.25) is 4.21 Å². The molecule has 0 aliphatic heterocycles. The highest BCUT2D eigenvalue weighted by Gasteiger charge is 2.02. The van der Waals surface area contributed by atoms with Gasteiger partial charge in [0.15, 0.2) is 0 Å². The van der Waals surface area contributed by atoms with Crippen molar-refractivity contribution in [1.82, 2.24) is 0 Å². The second kappa shape index (κ2) is 4.33. The van der Waals surface area contributed by atoms with Crippen LogP contribution in [0.15, 0.2) is 29.2 Å². The van der Waals surface area contributed by atoms with Crippen molar-refractivity contribution in [2.24, 2.45) is 0 Å². The van der Waals surface area contributed by atoms with Crippen LogP contribution in [0.5, 0.6) is 0 Å². The van der Waals surface area contributed by atoms with E-state index in [4.69, 9.17) is 5.11 Å². The van der Waals surface area contributed by atoms with E-state index in [2.05, 4.69) is 0 Å². The largest absolute Gasteiger partial charge is 0.395 e. The van der Waals surface area contributed by atoms with Crippen LogP contribution in [0.3, 0.4) is 0 Å². The number of aliphatic hydroxyl groups excluding tert-OH is 1. The average Bonchev–Trinajstić information content (AvgIpc) is 2.05. The lowest BCUT2D eigenvalue weighted by Crippen LogP contribution is -2.02. The highest BCUT2D eigenvalue weighted by molar-refractivity contribution is 7.85. The Morgan fingerprint density at radius 3 is 2.83 bits per heavy atom. The maximum Gasteiger partial charge on any atom is 0.124 e. The van der Waals surface area contributed by atoms with Gasteiger partial charge in [-0.2, -0.15) is 0 Å². The SMILES string of the molecule is O=S(CCO)c1cccc(F)c1. The molecule has 0 saturated carbocycles. The summed E-state index contributed by atoms with van der Waals surface area (Å²) in [5, 5.41) is 8.48. The number of aliphatic hydroxyl groups is 1. The lowest BCUT2D eigenvalue weighted by molar-refractivity contribution is 0.321. The summed E-state index contributed by atoms with van der Waals surface area (Å²) in [4.78, 5) is 0.420. The fourth-order valence-corrected chi connectivity index (χ4v) is 1.69. The molecule has 66 valence electrons. The van der Waals surface area contributed by atoms with E-state index in [1.807, 2.05) is 0 Å². The molecule has 12 heavy (non-hydrogen) atoms. The number of halogens is 1. The molecule has 0 bridgehead atoms. The summed E-state index contributed by atoms with van der Waals surface area (Å²) in [6.07, 6.45) is 0. The van der Waals surface area contributed by atoms with Gasteiger partial charge in [0.1, 0.15) is 5.82 Å².